The number of halogens is 1. The number of methoxy groups -OCH3 is 1. The molecular formula is C16H15ClN2OS. The monoisotopic (exact) mass is 318 g/mol. The first-order valence-corrected chi connectivity index (χ1v) is 7.85. The molecule has 1 aromatic heterocycles. The number of hydrogen-bond acceptors (Lipinski definition) is 4. The van der Waals surface area contributed by atoms with Crippen molar-refractivity contribution in [2.75, 3.05) is 19.0 Å². The Bertz CT molecular complexity index is 757. The quantitative estimate of drug-likeness (QED) is 0.728. The van der Waals surface area contributed by atoms with E-state index in [9.17, 15) is 0 Å². The lowest BCUT2D eigenvalue weighted by atomic mass is 10.1. The third kappa shape index (κ3) is 3.35. The molecule has 0 fully saturated rings. The highest BCUT2D eigenvalue weighted by atomic mass is 35.5. The van der Waals surface area contributed by atoms with E-state index in [4.69, 9.17) is 16.3 Å². The second kappa shape index (κ2) is 6.43. The molecule has 0 bridgehead atoms. The fourth-order valence-corrected chi connectivity index (χ4v) is 3.17. The van der Waals surface area contributed by atoms with Crippen LogP contribution >= 0.6 is 22.9 Å². The summed E-state index contributed by atoms with van der Waals surface area (Å²) >= 11 is 7.62. The Morgan fingerprint density at radius 1 is 1.24 bits per heavy atom. The van der Waals surface area contributed by atoms with E-state index < -0.39 is 0 Å². The van der Waals surface area contributed by atoms with Crippen molar-refractivity contribution in [1.29, 1.82) is 0 Å². The van der Waals surface area contributed by atoms with Gasteiger partial charge in [-0.05, 0) is 36.2 Å². The fourth-order valence-electron chi connectivity index (χ4n) is 2.14. The number of anilines is 2. The summed E-state index contributed by atoms with van der Waals surface area (Å²) in [5.41, 5.74) is 3.21. The van der Waals surface area contributed by atoms with E-state index in [0.717, 1.165) is 27.5 Å². The predicted molar refractivity (Wildman–Crippen MR) is 89.9 cm³/mol. The van der Waals surface area contributed by atoms with Gasteiger partial charge in [0, 0.05) is 17.8 Å². The number of para-hydroxylation sites is 1. The summed E-state index contributed by atoms with van der Waals surface area (Å²) in [6.45, 7) is 0.703. The van der Waals surface area contributed by atoms with Crippen molar-refractivity contribution in [3.05, 3.63) is 53.1 Å². The minimum absolute atomic E-state index is 0.703. The molecule has 0 aliphatic heterocycles. The van der Waals surface area contributed by atoms with Gasteiger partial charge >= 0.3 is 0 Å². The van der Waals surface area contributed by atoms with Gasteiger partial charge in [0.15, 0.2) is 5.13 Å². The number of nitrogens with zero attached hydrogens (tertiary/aromatic N) is 1. The molecule has 108 valence electrons. The van der Waals surface area contributed by atoms with E-state index in [0.29, 0.717) is 11.6 Å². The van der Waals surface area contributed by atoms with Crippen LogP contribution in [0.1, 0.15) is 5.56 Å². The summed E-state index contributed by atoms with van der Waals surface area (Å²) in [6, 6.07) is 14.0. The molecule has 21 heavy (non-hydrogen) atoms. The van der Waals surface area contributed by atoms with Crippen LogP contribution in [-0.2, 0) is 11.2 Å². The number of thiazole rings is 1. The number of rotatable bonds is 5. The number of benzene rings is 2. The summed E-state index contributed by atoms with van der Waals surface area (Å²) < 4.78 is 6.28. The molecule has 0 amide bonds. The Kier molecular flexibility index (Phi) is 4.39. The number of nitrogens with one attached hydrogen (secondary N) is 1. The van der Waals surface area contributed by atoms with Gasteiger partial charge in [0.05, 0.1) is 16.8 Å². The van der Waals surface area contributed by atoms with Crippen molar-refractivity contribution in [2.24, 2.45) is 0 Å². The lowest BCUT2D eigenvalue weighted by Crippen LogP contribution is -1.99. The average Bonchev–Trinajstić information content (AvgIpc) is 2.87. The molecule has 1 N–H and O–H groups in total. The largest absolute Gasteiger partial charge is 0.384 e. The number of ether oxygens (including phenoxy) is 1. The molecule has 3 rings (SSSR count). The van der Waals surface area contributed by atoms with E-state index in [1.807, 2.05) is 30.3 Å². The zero-order valence-corrected chi connectivity index (χ0v) is 13.2. The van der Waals surface area contributed by atoms with Crippen LogP contribution in [0.3, 0.4) is 0 Å². The van der Waals surface area contributed by atoms with Gasteiger partial charge in [-0.15, -0.1) is 0 Å². The molecule has 0 radical (unpaired) electrons. The van der Waals surface area contributed by atoms with Crippen LogP contribution in [0.2, 0.25) is 5.02 Å². The van der Waals surface area contributed by atoms with Gasteiger partial charge in [0.25, 0.3) is 0 Å². The Morgan fingerprint density at radius 2 is 2.10 bits per heavy atom. The topological polar surface area (TPSA) is 34.1 Å². The van der Waals surface area contributed by atoms with Crippen LogP contribution in [0.5, 0.6) is 0 Å². The molecule has 0 atom stereocenters. The van der Waals surface area contributed by atoms with Gasteiger partial charge in [-0.25, -0.2) is 4.98 Å². The molecule has 1 heterocycles. The molecule has 0 aliphatic rings. The maximum Gasteiger partial charge on any atom is 0.188 e. The van der Waals surface area contributed by atoms with Gasteiger partial charge in [-0.2, -0.15) is 0 Å². The zero-order valence-electron chi connectivity index (χ0n) is 11.6. The zero-order chi connectivity index (χ0) is 14.7. The highest BCUT2D eigenvalue weighted by molar-refractivity contribution is 7.22. The molecule has 0 aliphatic carbocycles. The lowest BCUT2D eigenvalue weighted by molar-refractivity contribution is 0.202. The Balaban J connectivity index is 1.87. The van der Waals surface area contributed by atoms with Crippen LogP contribution in [-0.4, -0.2) is 18.7 Å². The highest BCUT2D eigenvalue weighted by Crippen LogP contribution is 2.31. The maximum atomic E-state index is 6.00. The van der Waals surface area contributed by atoms with E-state index in [2.05, 4.69) is 22.4 Å². The summed E-state index contributed by atoms with van der Waals surface area (Å²) in [7, 11) is 1.72. The Morgan fingerprint density at radius 3 is 2.95 bits per heavy atom. The first-order valence-electron chi connectivity index (χ1n) is 6.66. The minimum Gasteiger partial charge on any atom is -0.384 e. The number of aromatic nitrogens is 1. The van der Waals surface area contributed by atoms with Crippen LogP contribution in [0.4, 0.5) is 10.8 Å². The van der Waals surface area contributed by atoms with Crippen molar-refractivity contribution in [3.8, 4) is 0 Å². The van der Waals surface area contributed by atoms with Gasteiger partial charge < -0.3 is 10.1 Å². The summed E-state index contributed by atoms with van der Waals surface area (Å²) in [5, 5.41) is 4.98. The SMILES string of the molecule is COCCc1ccccc1Nc1nc2cc(Cl)ccc2s1. The van der Waals surface area contributed by atoms with Crippen molar-refractivity contribution >= 4 is 44.0 Å². The molecule has 2 aromatic carbocycles. The molecule has 5 heteroatoms. The van der Waals surface area contributed by atoms with E-state index in [1.54, 1.807) is 18.4 Å². The van der Waals surface area contributed by atoms with Crippen molar-refractivity contribution in [3.63, 3.8) is 0 Å². The molecule has 3 aromatic rings. The molecule has 0 unspecified atom stereocenters. The molecule has 3 nitrogen and oxygen atoms in total. The van der Waals surface area contributed by atoms with Crippen LogP contribution in [0.25, 0.3) is 10.2 Å². The lowest BCUT2D eigenvalue weighted by Gasteiger charge is -2.09. The number of hydrogen-bond donors (Lipinski definition) is 1. The van der Waals surface area contributed by atoms with Gasteiger partial charge in [0.1, 0.15) is 0 Å². The van der Waals surface area contributed by atoms with Crippen LogP contribution in [0, 0.1) is 0 Å². The van der Waals surface area contributed by atoms with Crippen molar-refractivity contribution < 1.29 is 4.74 Å². The number of fused-ring (bicyclic) bond motifs is 1. The summed E-state index contributed by atoms with van der Waals surface area (Å²) in [5.74, 6) is 0. The summed E-state index contributed by atoms with van der Waals surface area (Å²) in [4.78, 5) is 4.58. The molecule has 0 saturated carbocycles. The predicted octanol–water partition coefficient (Wildman–Crippen LogP) is 4.88. The highest BCUT2D eigenvalue weighted by Gasteiger charge is 2.07. The molecular weight excluding hydrogens is 304 g/mol. The smallest absolute Gasteiger partial charge is 0.188 e. The third-order valence-corrected chi connectivity index (χ3v) is 4.37. The molecule has 0 saturated heterocycles. The standard InChI is InChI=1S/C16H15ClN2OS/c1-20-9-8-11-4-2-3-5-13(11)18-16-19-14-10-12(17)6-7-15(14)21-16/h2-7,10H,8-9H2,1H3,(H,18,19). The second-order valence-corrected chi connectivity index (χ2v) is 6.12. The van der Waals surface area contributed by atoms with Crippen LogP contribution < -0.4 is 5.32 Å². The fraction of sp³-hybridized carbons (Fsp3) is 0.188. The van der Waals surface area contributed by atoms with Crippen LogP contribution in [0.15, 0.2) is 42.5 Å². The van der Waals surface area contributed by atoms with Gasteiger partial charge in [-0.3, -0.25) is 0 Å². The van der Waals surface area contributed by atoms with Gasteiger partial charge in [0.2, 0.25) is 0 Å². The van der Waals surface area contributed by atoms with Crippen molar-refractivity contribution in [2.45, 2.75) is 6.42 Å². The molecule has 0 spiro atoms. The first kappa shape index (κ1) is 14.3. The summed E-state index contributed by atoms with van der Waals surface area (Å²) in [6.07, 6.45) is 0.871. The van der Waals surface area contributed by atoms with E-state index in [-0.39, 0.29) is 0 Å². The normalized spacial score (nSPS) is 11.0. The minimum atomic E-state index is 0.703. The first-order chi connectivity index (χ1) is 10.3. The second-order valence-electron chi connectivity index (χ2n) is 4.66. The van der Waals surface area contributed by atoms with E-state index in [1.165, 1.54) is 5.56 Å². The average molecular weight is 319 g/mol. The third-order valence-electron chi connectivity index (χ3n) is 3.18. The van der Waals surface area contributed by atoms with Gasteiger partial charge in [-0.1, -0.05) is 41.1 Å². The van der Waals surface area contributed by atoms with Crippen molar-refractivity contribution in [1.82, 2.24) is 4.98 Å². The van der Waals surface area contributed by atoms with E-state index >= 15 is 0 Å². The maximum absolute atomic E-state index is 6.00. The Labute approximate surface area is 132 Å². The Hall–Kier alpha value is -1.62.